The fraction of sp³-hybridized carbons (Fsp3) is 0.478. The number of hydrogen-bond acceptors (Lipinski definition) is 9. The molecule has 0 spiro atoms. The van der Waals surface area contributed by atoms with Crippen LogP contribution in [0.3, 0.4) is 0 Å². The van der Waals surface area contributed by atoms with Crippen molar-refractivity contribution >= 4 is 58.0 Å². The molecular formula is C46H62CaO10S2. The average molecular weight is 879 g/mol. The van der Waals surface area contributed by atoms with Gasteiger partial charge in [-0.3, -0.25) is 4.55 Å². The SMILES string of the molecule is CCCCCCCCCCCc1cc(O)ccc1Oc1ccccc1S(=O)(=O)O.CCCCCCCCCCCc1cc([O-])ccc1Oc1ccccc1S(=O)(=O)[O-].[Ca+2]. The Morgan fingerprint density at radius 2 is 0.898 bits per heavy atom. The van der Waals surface area contributed by atoms with Gasteiger partial charge >= 0.3 is 37.7 Å². The summed E-state index contributed by atoms with van der Waals surface area (Å²) >= 11 is 0. The van der Waals surface area contributed by atoms with Crippen LogP contribution in [-0.2, 0) is 33.1 Å². The van der Waals surface area contributed by atoms with E-state index in [0.29, 0.717) is 17.9 Å². The number of phenols is 1. The van der Waals surface area contributed by atoms with Crippen LogP contribution < -0.4 is 14.6 Å². The van der Waals surface area contributed by atoms with E-state index in [-0.39, 0.29) is 65.6 Å². The van der Waals surface area contributed by atoms with Crippen LogP contribution in [0.15, 0.2) is 94.7 Å². The zero-order valence-corrected chi connectivity index (χ0v) is 38.8. The van der Waals surface area contributed by atoms with Crippen LogP contribution in [0, 0.1) is 0 Å². The molecule has 320 valence electrons. The first-order valence-corrected chi connectivity index (χ1v) is 23.8. The van der Waals surface area contributed by atoms with Crippen LogP contribution in [0.1, 0.15) is 141 Å². The van der Waals surface area contributed by atoms with Crippen LogP contribution in [0.4, 0.5) is 0 Å². The Bertz CT molecular complexity index is 1870. The predicted molar refractivity (Wildman–Crippen MR) is 232 cm³/mol. The molecule has 0 aliphatic rings. The fourth-order valence-corrected chi connectivity index (χ4v) is 7.91. The molecule has 0 heterocycles. The molecule has 4 rings (SSSR count). The summed E-state index contributed by atoms with van der Waals surface area (Å²) in [6, 6.07) is 20.9. The number of hydrogen-bond donors (Lipinski definition) is 2. The molecule has 2 N–H and O–H groups in total. The molecule has 10 nitrogen and oxygen atoms in total. The van der Waals surface area contributed by atoms with Gasteiger partial charge in [0.15, 0.2) is 0 Å². The molecule has 59 heavy (non-hydrogen) atoms. The Labute approximate surface area is 383 Å². The molecular weight excluding hydrogens is 817 g/mol. The molecule has 0 amide bonds. The van der Waals surface area contributed by atoms with E-state index in [9.17, 15) is 36.2 Å². The standard InChI is InChI=1S/2C23H32O5S.Ca/c2*1-2-3-4-5-6-7-8-9-10-13-19-18-20(24)16-17-21(19)28-22-14-11-12-15-23(22)29(25,26)27;/h2*11-12,14-18,24H,2-10,13H2,1H3,(H,25,26,27);/q;;+2/p-2. The molecule has 0 aromatic heterocycles. The molecule has 13 heteroatoms. The smallest absolute Gasteiger partial charge is 0.872 e. The first kappa shape index (κ1) is 52.3. The van der Waals surface area contributed by atoms with Gasteiger partial charge in [-0.1, -0.05) is 153 Å². The third-order valence-corrected chi connectivity index (χ3v) is 11.6. The summed E-state index contributed by atoms with van der Waals surface area (Å²) in [6.07, 6.45) is 23.2. The molecule has 0 atom stereocenters. The number of unbranched alkanes of at least 4 members (excludes halogenated alkanes) is 16. The van der Waals surface area contributed by atoms with E-state index < -0.39 is 25.1 Å². The van der Waals surface area contributed by atoms with Crippen molar-refractivity contribution in [2.24, 2.45) is 0 Å². The van der Waals surface area contributed by atoms with Crippen molar-refractivity contribution in [3.8, 4) is 34.5 Å². The summed E-state index contributed by atoms with van der Waals surface area (Å²) in [7, 11) is -9.03. The number of aryl methyl sites for hydroxylation is 2. The van der Waals surface area contributed by atoms with Crippen molar-refractivity contribution in [3.05, 3.63) is 96.1 Å². The third-order valence-electron chi connectivity index (χ3n) is 9.86. The van der Waals surface area contributed by atoms with Gasteiger partial charge in [-0.25, -0.2) is 8.42 Å². The predicted octanol–water partition coefficient (Wildman–Crippen LogP) is 11.7. The Balaban J connectivity index is 0.000000400. The molecule has 4 aromatic rings. The van der Waals surface area contributed by atoms with Gasteiger partial charge in [0.05, 0.1) is 4.90 Å². The van der Waals surface area contributed by atoms with Crippen molar-refractivity contribution in [2.45, 2.75) is 152 Å². The number of benzene rings is 4. The largest absolute Gasteiger partial charge is 2.00 e. The number of para-hydroxylation sites is 2. The van der Waals surface area contributed by atoms with E-state index in [2.05, 4.69) is 13.8 Å². The van der Waals surface area contributed by atoms with Crippen LogP contribution in [0.5, 0.6) is 34.5 Å². The van der Waals surface area contributed by atoms with Gasteiger partial charge in [0.2, 0.25) is 0 Å². The maximum Gasteiger partial charge on any atom is 2.00 e. The van der Waals surface area contributed by atoms with E-state index in [0.717, 1.165) is 49.7 Å². The number of rotatable bonds is 26. The van der Waals surface area contributed by atoms with Crippen molar-refractivity contribution in [1.29, 1.82) is 0 Å². The molecule has 0 aliphatic carbocycles. The summed E-state index contributed by atoms with van der Waals surface area (Å²) in [4.78, 5) is -0.678. The van der Waals surface area contributed by atoms with Gasteiger partial charge in [0.25, 0.3) is 10.1 Å². The first-order valence-electron chi connectivity index (χ1n) is 20.9. The van der Waals surface area contributed by atoms with E-state index in [1.165, 1.54) is 138 Å². The molecule has 0 radical (unpaired) electrons. The number of aromatic hydroxyl groups is 1. The summed E-state index contributed by atoms with van der Waals surface area (Å²) in [5.74, 6) is 0.974. The zero-order valence-electron chi connectivity index (χ0n) is 34.9. The fourth-order valence-electron chi connectivity index (χ4n) is 6.69. The van der Waals surface area contributed by atoms with Crippen LogP contribution in [0.2, 0.25) is 0 Å². The molecule has 0 fully saturated rings. The van der Waals surface area contributed by atoms with Crippen LogP contribution in [-0.4, -0.2) is 68.8 Å². The van der Waals surface area contributed by atoms with Crippen molar-refractivity contribution in [3.63, 3.8) is 0 Å². The second-order valence-electron chi connectivity index (χ2n) is 14.7. The summed E-state index contributed by atoms with van der Waals surface area (Å²) in [6.45, 7) is 4.44. The summed E-state index contributed by atoms with van der Waals surface area (Å²) in [5.41, 5.74) is 1.55. The maximum atomic E-state index is 11.8. The van der Waals surface area contributed by atoms with Crippen LogP contribution >= 0.6 is 0 Å². The summed E-state index contributed by atoms with van der Waals surface area (Å²) < 4.78 is 78.5. The first-order chi connectivity index (χ1) is 27.8. The van der Waals surface area contributed by atoms with E-state index in [1.54, 1.807) is 30.3 Å². The Morgan fingerprint density at radius 3 is 1.36 bits per heavy atom. The molecule has 0 unspecified atom stereocenters. The molecule has 0 bridgehead atoms. The van der Waals surface area contributed by atoms with Gasteiger partial charge in [-0.2, -0.15) is 8.42 Å². The van der Waals surface area contributed by atoms with E-state index >= 15 is 0 Å². The Kier molecular flexibility index (Phi) is 25.4. The third kappa shape index (κ3) is 20.5. The van der Waals surface area contributed by atoms with Gasteiger partial charge in [0, 0.05) is 0 Å². The van der Waals surface area contributed by atoms with Crippen molar-refractivity contribution in [1.82, 2.24) is 0 Å². The topological polar surface area (TPSA) is 173 Å². The van der Waals surface area contributed by atoms with Gasteiger partial charge in [-0.05, 0) is 85.3 Å². The number of phenolic OH excluding ortho intramolecular Hbond substituents is 1. The average Bonchev–Trinajstić information content (AvgIpc) is 3.18. The van der Waals surface area contributed by atoms with E-state index in [1.807, 2.05) is 0 Å². The molecule has 0 saturated carbocycles. The minimum Gasteiger partial charge on any atom is -0.872 e. The zero-order chi connectivity index (χ0) is 42.2. The Hall–Kier alpha value is -2.84. The molecule has 0 saturated heterocycles. The van der Waals surface area contributed by atoms with Crippen molar-refractivity contribution in [2.75, 3.05) is 0 Å². The quantitative estimate of drug-likeness (QED) is 0.0351. The minimum absolute atomic E-state index is 0. The summed E-state index contributed by atoms with van der Waals surface area (Å²) in [5, 5.41) is 21.6. The minimum atomic E-state index is -4.65. The van der Waals surface area contributed by atoms with Crippen LogP contribution in [0.25, 0.3) is 0 Å². The molecule has 4 aromatic carbocycles. The van der Waals surface area contributed by atoms with Gasteiger partial charge in [0.1, 0.15) is 43.8 Å². The molecule has 0 aliphatic heterocycles. The van der Waals surface area contributed by atoms with Crippen molar-refractivity contribution < 1.29 is 45.6 Å². The normalized spacial score (nSPS) is 11.3. The van der Waals surface area contributed by atoms with Gasteiger partial charge < -0.3 is 24.2 Å². The van der Waals surface area contributed by atoms with E-state index in [4.69, 9.17) is 9.47 Å². The Morgan fingerprint density at radius 1 is 0.508 bits per heavy atom. The number of ether oxygens (including phenoxy) is 2. The monoisotopic (exact) mass is 878 g/mol. The second kappa shape index (κ2) is 28.6. The maximum absolute atomic E-state index is 11.8. The second-order valence-corrected chi connectivity index (χ2v) is 17.5. The van der Waals surface area contributed by atoms with Gasteiger partial charge in [-0.15, -0.1) is 5.75 Å².